The van der Waals surface area contributed by atoms with E-state index in [-0.39, 0.29) is 12.1 Å². The molecule has 1 aliphatic rings. The van der Waals surface area contributed by atoms with Gasteiger partial charge in [-0.15, -0.1) is 11.8 Å². The van der Waals surface area contributed by atoms with Gasteiger partial charge in [0.25, 0.3) is 0 Å². The van der Waals surface area contributed by atoms with E-state index in [0.29, 0.717) is 17.2 Å². The van der Waals surface area contributed by atoms with E-state index in [0.717, 1.165) is 17.5 Å². The summed E-state index contributed by atoms with van der Waals surface area (Å²) in [5.41, 5.74) is -1.22. The monoisotopic (exact) mass is 336 g/mol. The van der Waals surface area contributed by atoms with Crippen molar-refractivity contribution in [2.24, 2.45) is 7.05 Å². The van der Waals surface area contributed by atoms with Crippen molar-refractivity contribution in [2.45, 2.75) is 38.0 Å². The Morgan fingerprint density at radius 3 is 2.55 bits per heavy atom. The van der Waals surface area contributed by atoms with Crippen molar-refractivity contribution < 1.29 is 17.6 Å². The molecular formula is C14H16F4N2OS. The number of halogens is 4. The molecule has 1 aromatic heterocycles. The number of aryl methyl sites for hydroxylation is 1. The van der Waals surface area contributed by atoms with E-state index in [4.69, 9.17) is 0 Å². The first-order chi connectivity index (χ1) is 10.1. The Balaban J connectivity index is 2.46. The van der Waals surface area contributed by atoms with Gasteiger partial charge in [-0.25, -0.2) is 4.39 Å². The summed E-state index contributed by atoms with van der Waals surface area (Å²) in [6.07, 6.45) is -3.66. The molecule has 0 amide bonds. The topological polar surface area (TPSA) is 34.9 Å². The minimum atomic E-state index is -4.66. The molecule has 0 fully saturated rings. The van der Waals surface area contributed by atoms with Crippen LogP contribution in [0.2, 0.25) is 0 Å². The first kappa shape index (κ1) is 17.1. The minimum Gasteiger partial charge on any atom is -0.288 e. The summed E-state index contributed by atoms with van der Waals surface area (Å²) in [6, 6.07) is 0.499. The zero-order valence-electron chi connectivity index (χ0n) is 12.4. The Kier molecular flexibility index (Phi) is 4.70. The molecule has 1 aliphatic carbocycles. The largest absolute Gasteiger partial charge is 0.433 e. The molecule has 8 heteroatoms. The van der Waals surface area contributed by atoms with E-state index >= 15 is 0 Å². The standard InChI is InChI=1S/C14H16F4N2OS/c1-7-4-9(15)8(5-11(7)22-3)13-10(21)6-12(14(16,17)18)20(2)19-13/h6,8-9H,4-5H2,1-3H3. The second kappa shape index (κ2) is 6.06. The van der Waals surface area contributed by atoms with Crippen molar-refractivity contribution in [2.75, 3.05) is 6.26 Å². The molecule has 0 spiro atoms. The highest BCUT2D eigenvalue weighted by atomic mass is 32.2. The maximum atomic E-state index is 14.3. The SMILES string of the molecule is CSC1=C(C)CC(F)C(c2nn(C)c(C(F)(F)F)cc2=O)C1. The predicted molar refractivity (Wildman–Crippen MR) is 77.6 cm³/mol. The van der Waals surface area contributed by atoms with Crippen molar-refractivity contribution >= 4 is 11.8 Å². The van der Waals surface area contributed by atoms with Crippen LogP contribution in [0.4, 0.5) is 17.6 Å². The van der Waals surface area contributed by atoms with E-state index < -0.39 is 29.4 Å². The van der Waals surface area contributed by atoms with Crippen molar-refractivity contribution in [1.29, 1.82) is 0 Å². The Morgan fingerprint density at radius 2 is 2.00 bits per heavy atom. The van der Waals surface area contributed by atoms with Gasteiger partial charge in [0.15, 0.2) is 0 Å². The summed E-state index contributed by atoms with van der Waals surface area (Å²) >= 11 is 1.47. The highest BCUT2D eigenvalue weighted by molar-refractivity contribution is 8.02. The van der Waals surface area contributed by atoms with Gasteiger partial charge >= 0.3 is 6.18 Å². The fourth-order valence-electron chi connectivity index (χ4n) is 2.65. The van der Waals surface area contributed by atoms with Gasteiger partial charge in [0.1, 0.15) is 17.6 Å². The molecule has 1 heterocycles. The fraction of sp³-hybridized carbons (Fsp3) is 0.571. The number of allylic oxidation sites excluding steroid dienone is 2. The van der Waals surface area contributed by atoms with Crippen molar-refractivity contribution in [3.05, 3.63) is 38.2 Å². The van der Waals surface area contributed by atoms with Crippen LogP contribution in [-0.2, 0) is 13.2 Å². The molecule has 122 valence electrons. The lowest BCUT2D eigenvalue weighted by Crippen LogP contribution is -2.30. The van der Waals surface area contributed by atoms with Gasteiger partial charge in [-0.1, -0.05) is 5.57 Å². The van der Waals surface area contributed by atoms with E-state index in [9.17, 15) is 22.4 Å². The molecule has 0 saturated carbocycles. The Bertz CT molecular complexity index is 666. The molecule has 0 N–H and O–H groups in total. The van der Waals surface area contributed by atoms with Crippen LogP contribution in [0.5, 0.6) is 0 Å². The molecule has 3 nitrogen and oxygen atoms in total. The smallest absolute Gasteiger partial charge is 0.288 e. The first-order valence-electron chi connectivity index (χ1n) is 6.67. The van der Waals surface area contributed by atoms with Gasteiger partial charge in [0.2, 0.25) is 5.43 Å². The average Bonchev–Trinajstić information content (AvgIpc) is 2.40. The molecule has 2 atom stereocenters. The van der Waals surface area contributed by atoms with E-state index in [1.54, 1.807) is 0 Å². The van der Waals surface area contributed by atoms with Crippen molar-refractivity contribution in [1.82, 2.24) is 9.78 Å². The normalized spacial score (nSPS) is 23.0. The molecule has 2 rings (SSSR count). The zero-order chi connectivity index (χ0) is 16.7. The van der Waals surface area contributed by atoms with Crippen LogP contribution in [0, 0.1) is 0 Å². The summed E-state index contributed by atoms with van der Waals surface area (Å²) in [5, 5.41) is 3.72. The van der Waals surface area contributed by atoms with Crippen LogP contribution in [0.25, 0.3) is 0 Å². The molecule has 2 unspecified atom stereocenters. The highest BCUT2D eigenvalue weighted by Crippen LogP contribution is 2.40. The molecule has 0 bridgehead atoms. The van der Waals surface area contributed by atoms with Crippen LogP contribution in [0.1, 0.15) is 37.1 Å². The van der Waals surface area contributed by atoms with Crippen molar-refractivity contribution in [3.8, 4) is 0 Å². The Hall–Kier alpha value is -1.31. The van der Waals surface area contributed by atoms with Gasteiger partial charge < -0.3 is 0 Å². The predicted octanol–water partition coefficient (Wildman–Crippen LogP) is 3.65. The molecular weight excluding hydrogens is 320 g/mol. The number of hydrogen-bond acceptors (Lipinski definition) is 3. The Labute approximate surface area is 129 Å². The van der Waals surface area contributed by atoms with Crippen LogP contribution in [0.15, 0.2) is 21.3 Å². The van der Waals surface area contributed by atoms with Gasteiger partial charge in [-0.2, -0.15) is 18.3 Å². The number of hydrogen-bond donors (Lipinski definition) is 0. The maximum absolute atomic E-state index is 14.3. The maximum Gasteiger partial charge on any atom is 0.433 e. The van der Waals surface area contributed by atoms with Crippen LogP contribution < -0.4 is 5.43 Å². The number of thioether (sulfide) groups is 1. The van der Waals surface area contributed by atoms with Crippen molar-refractivity contribution in [3.63, 3.8) is 0 Å². The van der Waals surface area contributed by atoms with Gasteiger partial charge in [-0.3, -0.25) is 9.48 Å². The second-order valence-electron chi connectivity index (χ2n) is 5.34. The first-order valence-corrected chi connectivity index (χ1v) is 7.89. The van der Waals surface area contributed by atoms with Crippen LogP contribution >= 0.6 is 11.8 Å². The summed E-state index contributed by atoms with van der Waals surface area (Å²) in [7, 11) is 1.11. The fourth-order valence-corrected chi connectivity index (χ4v) is 3.43. The molecule has 0 aliphatic heterocycles. The third kappa shape index (κ3) is 3.21. The molecule has 22 heavy (non-hydrogen) atoms. The Morgan fingerprint density at radius 1 is 1.36 bits per heavy atom. The highest BCUT2D eigenvalue weighted by Gasteiger charge is 2.37. The molecule has 0 radical (unpaired) electrons. The quantitative estimate of drug-likeness (QED) is 0.773. The van der Waals surface area contributed by atoms with Gasteiger partial charge in [-0.05, 0) is 24.5 Å². The minimum absolute atomic E-state index is 0.137. The second-order valence-corrected chi connectivity index (χ2v) is 6.24. The van der Waals surface area contributed by atoms with E-state index in [1.807, 2.05) is 13.2 Å². The number of aromatic nitrogens is 2. The summed E-state index contributed by atoms with van der Waals surface area (Å²) in [6.45, 7) is 1.83. The molecule has 0 saturated heterocycles. The summed E-state index contributed by atoms with van der Waals surface area (Å²) in [4.78, 5) is 13.0. The average molecular weight is 336 g/mol. The lowest BCUT2D eigenvalue weighted by Gasteiger charge is -2.28. The summed E-state index contributed by atoms with van der Waals surface area (Å²) < 4.78 is 53.2. The summed E-state index contributed by atoms with van der Waals surface area (Å²) in [5.74, 6) is -0.799. The lowest BCUT2D eigenvalue weighted by molar-refractivity contribution is -0.144. The third-order valence-electron chi connectivity index (χ3n) is 3.83. The molecule has 0 aromatic carbocycles. The van der Waals surface area contributed by atoms with Gasteiger partial charge in [0.05, 0.1) is 0 Å². The van der Waals surface area contributed by atoms with E-state index in [2.05, 4.69) is 5.10 Å². The number of alkyl halides is 4. The van der Waals surface area contributed by atoms with Crippen LogP contribution in [-0.4, -0.2) is 22.2 Å². The van der Waals surface area contributed by atoms with E-state index in [1.165, 1.54) is 11.8 Å². The lowest BCUT2D eigenvalue weighted by atomic mass is 9.85. The third-order valence-corrected chi connectivity index (χ3v) is 4.84. The number of rotatable bonds is 2. The van der Waals surface area contributed by atoms with Gasteiger partial charge in [0, 0.05) is 25.5 Å². The number of nitrogens with zero attached hydrogens (tertiary/aromatic N) is 2. The molecule has 1 aromatic rings. The zero-order valence-corrected chi connectivity index (χ0v) is 13.2. The van der Waals surface area contributed by atoms with Crippen LogP contribution in [0.3, 0.4) is 0 Å².